The van der Waals surface area contributed by atoms with Crippen LogP contribution >= 0.6 is 24.0 Å². The summed E-state index contributed by atoms with van der Waals surface area (Å²) in [5.41, 5.74) is 0.508. The molecule has 164 valence electrons. The number of aliphatic hydroxyl groups is 1. The molecule has 1 amide bonds. The SMILES string of the molecule is CCNC(=NCC1(CCO)CCOC1)NCCNC(=O)c1ccc(OC)cc1.I. The van der Waals surface area contributed by atoms with E-state index in [9.17, 15) is 9.90 Å². The topological polar surface area (TPSA) is 104 Å². The van der Waals surface area contributed by atoms with Gasteiger partial charge >= 0.3 is 0 Å². The third-order valence-electron chi connectivity index (χ3n) is 4.80. The number of carbonyl (C=O) groups excluding carboxylic acids is 1. The van der Waals surface area contributed by atoms with Gasteiger partial charge in [0, 0.05) is 43.8 Å². The molecule has 1 aromatic carbocycles. The van der Waals surface area contributed by atoms with Gasteiger partial charge in [0.1, 0.15) is 5.75 Å². The second-order valence-electron chi connectivity index (χ2n) is 6.88. The maximum Gasteiger partial charge on any atom is 0.251 e. The first kappa shape index (κ1) is 25.4. The highest BCUT2D eigenvalue weighted by atomic mass is 127. The number of aliphatic hydroxyl groups excluding tert-OH is 1. The van der Waals surface area contributed by atoms with E-state index in [4.69, 9.17) is 9.47 Å². The minimum atomic E-state index is -0.128. The molecule has 1 saturated heterocycles. The van der Waals surface area contributed by atoms with E-state index in [1.54, 1.807) is 31.4 Å². The quantitative estimate of drug-likeness (QED) is 0.161. The van der Waals surface area contributed by atoms with Gasteiger partial charge in [-0.25, -0.2) is 0 Å². The van der Waals surface area contributed by atoms with Gasteiger partial charge in [0.15, 0.2) is 5.96 Å². The smallest absolute Gasteiger partial charge is 0.251 e. The van der Waals surface area contributed by atoms with Crippen LogP contribution in [0.4, 0.5) is 0 Å². The lowest BCUT2D eigenvalue weighted by molar-refractivity contribution is 0.0954. The van der Waals surface area contributed by atoms with Crippen molar-refractivity contribution < 1.29 is 19.4 Å². The van der Waals surface area contributed by atoms with E-state index in [0.717, 1.165) is 25.3 Å². The van der Waals surface area contributed by atoms with Gasteiger partial charge in [-0.05, 0) is 44.0 Å². The van der Waals surface area contributed by atoms with E-state index in [2.05, 4.69) is 20.9 Å². The largest absolute Gasteiger partial charge is 0.497 e. The zero-order valence-electron chi connectivity index (χ0n) is 17.2. The summed E-state index contributed by atoms with van der Waals surface area (Å²) >= 11 is 0. The average Bonchev–Trinajstić information content (AvgIpc) is 3.18. The highest BCUT2D eigenvalue weighted by molar-refractivity contribution is 14.0. The van der Waals surface area contributed by atoms with Crippen molar-refractivity contribution in [2.45, 2.75) is 19.8 Å². The number of hydrogen-bond donors (Lipinski definition) is 4. The molecule has 0 saturated carbocycles. The Morgan fingerprint density at radius 1 is 1.24 bits per heavy atom. The van der Waals surface area contributed by atoms with Gasteiger partial charge in [-0.15, -0.1) is 24.0 Å². The van der Waals surface area contributed by atoms with Crippen molar-refractivity contribution in [3.05, 3.63) is 29.8 Å². The Labute approximate surface area is 189 Å². The van der Waals surface area contributed by atoms with Crippen LogP contribution in [0, 0.1) is 5.41 Å². The van der Waals surface area contributed by atoms with Gasteiger partial charge in [0.2, 0.25) is 0 Å². The summed E-state index contributed by atoms with van der Waals surface area (Å²) in [5, 5.41) is 18.6. The van der Waals surface area contributed by atoms with Gasteiger partial charge in [-0.2, -0.15) is 0 Å². The molecule has 1 heterocycles. The molecule has 1 aromatic rings. The van der Waals surface area contributed by atoms with Crippen molar-refractivity contribution in [1.82, 2.24) is 16.0 Å². The second-order valence-corrected chi connectivity index (χ2v) is 6.88. The van der Waals surface area contributed by atoms with E-state index in [1.807, 2.05) is 6.92 Å². The number of amides is 1. The van der Waals surface area contributed by atoms with Crippen LogP contribution in [-0.4, -0.2) is 70.1 Å². The predicted octanol–water partition coefficient (Wildman–Crippen LogP) is 1.39. The summed E-state index contributed by atoms with van der Waals surface area (Å²) in [6.07, 6.45) is 1.60. The van der Waals surface area contributed by atoms with Crippen molar-refractivity contribution in [2.24, 2.45) is 10.4 Å². The van der Waals surface area contributed by atoms with Crippen LogP contribution in [-0.2, 0) is 4.74 Å². The first-order chi connectivity index (χ1) is 13.6. The summed E-state index contributed by atoms with van der Waals surface area (Å²) in [6.45, 7) is 5.86. The minimum absolute atomic E-state index is 0. The number of benzene rings is 1. The zero-order valence-corrected chi connectivity index (χ0v) is 19.5. The first-order valence-electron chi connectivity index (χ1n) is 9.75. The molecule has 8 nitrogen and oxygen atoms in total. The first-order valence-corrected chi connectivity index (χ1v) is 9.75. The molecule has 1 atom stereocenters. The Balaban J connectivity index is 0.00000420. The third kappa shape index (κ3) is 8.35. The molecule has 2 rings (SSSR count). The lowest BCUT2D eigenvalue weighted by Crippen LogP contribution is -2.42. The third-order valence-corrected chi connectivity index (χ3v) is 4.80. The molecule has 0 bridgehead atoms. The molecule has 1 unspecified atom stereocenters. The molecular weight excluding hydrogens is 487 g/mol. The molecule has 9 heteroatoms. The second kappa shape index (κ2) is 13.6. The lowest BCUT2D eigenvalue weighted by Gasteiger charge is -2.24. The van der Waals surface area contributed by atoms with Crippen molar-refractivity contribution in [3.63, 3.8) is 0 Å². The summed E-state index contributed by atoms with van der Waals surface area (Å²) < 4.78 is 10.6. The number of rotatable bonds is 10. The van der Waals surface area contributed by atoms with Crippen molar-refractivity contribution in [1.29, 1.82) is 0 Å². The number of hydrogen-bond acceptors (Lipinski definition) is 5. The number of carbonyl (C=O) groups is 1. The Morgan fingerprint density at radius 3 is 2.55 bits per heavy atom. The van der Waals surface area contributed by atoms with Gasteiger partial charge in [-0.1, -0.05) is 0 Å². The number of aliphatic imine (C=N–C) groups is 1. The van der Waals surface area contributed by atoms with Gasteiger partial charge in [0.05, 0.1) is 20.3 Å². The fraction of sp³-hybridized carbons (Fsp3) is 0.600. The summed E-state index contributed by atoms with van der Waals surface area (Å²) in [6, 6.07) is 6.99. The number of guanidine groups is 1. The summed E-state index contributed by atoms with van der Waals surface area (Å²) in [4.78, 5) is 16.8. The van der Waals surface area contributed by atoms with E-state index >= 15 is 0 Å². The fourth-order valence-corrected chi connectivity index (χ4v) is 3.08. The molecule has 29 heavy (non-hydrogen) atoms. The molecule has 0 aromatic heterocycles. The Morgan fingerprint density at radius 2 is 1.97 bits per heavy atom. The monoisotopic (exact) mass is 520 g/mol. The van der Waals surface area contributed by atoms with Crippen LogP contribution in [0.1, 0.15) is 30.1 Å². The van der Waals surface area contributed by atoms with E-state index in [1.165, 1.54) is 0 Å². The highest BCUT2D eigenvalue weighted by Gasteiger charge is 2.34. The maximum absolute atomic E-state index is 12.2. The number of halogens is 1. The molecule has 0 radical (unpaired) electrons. The van der Waals surface area contributed by atoms with Crippen LogP contribution in [0.2, 0.25) is 0 Å². The van der Waals surface area contributed by atoms with Crippen LogP contribution < -0.4 is 20.7 Å². The van der Waals surface area contributed by atoms with Crippen LogP contribution in [0.15, 0.2) is 29.3 Å². The van der Waals surface area contributed by atoms with Crippen LogP contribution in [0.5, 0.6) is 5.75 Å². The maximum atomic E-state index is 12.2. The number of methoxy groups -OCH3 is 1. The molecule has 4 N–H and O–H groups in total. The van der Waals surface area contributed by atoms with Crippen molar-refractivity contribution in [2.75, 3.05) is 53.1 Å². The zero-order chi connectivity index (χ0) is 20.2. The van der Waals surface area contributed by atoms with Crippen LogP contribution in [0.25, 0.3) is 0 Å². The molecule has 1 aliphatic heterocycles. The van der Waals surface area contributed by atoms with Gasteiger partial charge < -0.3 is 30.5 Å². The van der Waals surface area contributed by atoms with E-state index < -0.39 is 0 Å². The molecule has 0 aliphatic carbocycles. The van der Waals surface area contributed by atoms with E-state index in [0.29, 0.717) is 44.2 Å². The van der Waals surface area contributed by atoms with Gasteiger partial charge in [0.25, 0.3) is 5.91 Å². The lowest BCUT2D eigenvalue weighted by atomic mass is 9.84. The highest BCUT2D eigenvalue weighted by Crippen LogP contribution is 2.32. The summed E-state index contributed by atoms with van der Waals surface area (Å²) in [5.74, 6) is 1.29. The van der Waals surface area contributed by atoms with Crippen LogP contribution in [0.3, 0.4) is 0 Å². The van der Waals surface area contributed by atoms with Gasteiger partial charge in [-0.3, -0.25) is 9.79 Å². The number of nitrogens with one attached hydrogen (secondary N) is 3. The van der Waals surface area contributed by atoms with Crippen molar-refractivity contribution >= 4 is 35.8 Å². The molecule has 1 aliphatic rings. The van der Waals surface area contributed by atoms with E-state index in [-0.39, 0.29) is 41.9 Å². The minimum Gasteiger partial charge on any atom is -0.497 e. The number of ether oxygens (including phenoxy) is 2. The summed E-state index contributed by atoms with van der Waals surface area (Å²) in [7, 11) is 1.59. The average molecular weight is 520 g/mol. The Hall–Kier alpha value is -1.59. The molecule has 1 fully saturated rings. The fourth-order valence-electron chi connectivity index (χ4n) is 3.08. The Kier molecular flexibility index (Phi) is 11.9. The normalized spacial score (nSPS) is 18.7. The standard InChI is InChI=1S/C20H32N4O4.HI/c1-3-21-19(24-14-20(8-12-25)9-13-28-15-20)23-11-10-22-18(26)16-4-6-17(27-2)7-5-16;/h4-7,25H,3,8-15H2,1-2H3,(H,22,26)(H2,21,23,24);1H. The Bertz CT molecular complexity index is 634. The predicted molar refractivity (Wildman–Crippen MR) is 124 cm³/mol. The van der Waals surface area contributed by atoms with Crippen molar-refractivity contribution in [3.8, 4) is 5.75 Å². The molecular formula is C20H33IN4O4. The molecule has 0 spiro atoms. The number of nitrogens with zero attached hydrogens (tertiary/aromatic N) is 1.